The SMILES string of the molecule is Nc1nc2c(ncn2[C@@H]2O[C@@H]3COP(O)(=S)O[C@H]4[C@@H](O)[C@H](n5cnc6c(N)ncnc65)[C@H]5C[C@@]54COP(=O)(O)O[C@H]3[C@H]2O)c(=O)[nH]1. The highest BCUT2D eigenvalue weighted by Gasteiger charge is 2.74. The van der Waals surface area contributed by atoms with Gasteiger partial charge < -0.3 is 49.8 Å². The van der Waals surface area contributed by atoms with Crippen molar-refractivity contribution < 1.29 is 47.4 Å². The Kier molecular flexibility index (Phi) is 6.77. The van der Waals surface area contributed by atoms with E-state index in [-0.39, 0.29) is 22.9 Å². The fraction of sp³-hybridized carbons (Fsp3) is 0.545. The molecule has 2 saturated carbocycles. The van der Waals surface area contributed by atoms with Gasteiger partial charge in [-0.3, -0.25) is 23.4 Å². The number of phosphoric acid groups is 1. The number of nitrogens with two attached hydrogens (primary N) is 2. The number of fused-ring (bicyclic) bond motifs is 3. The van der Waals surface area contributed by atoms with Gasteiger partial charge >= 0.3 is 14.5 Å². The highest BCUT2D eigenvalue weighted by molar-refractivity contribution is 8.07. The third-order valence-corrected chi connectivity index (χ3v) is 11.5. The predicted octanol–water partition coefficient (Wildman–Crippen LogP) is -1.56. The van der Waals surface area contributed by atoms with Crippen molar-refractivity contribution in [2.45, 2.75) is 49.2 Å². The monoisotopic (exact) mass is 700 g/mol. The van der Waals surface area contributed by atoms with E-state index in [9.17, 15) is 29.4 Å². The Morgan fingerprint density at radius 3 is 2.59 bits per heavy atom. The minimum absolute atomic E-state index is 0.0439. The molecule has 2 unspecified atom stereocenters. The molecule has 9 N–H and O–H groups in total. The summed E-state index contributed by atoms with van der Waals surface area (Å²) in [6.45, 7) is -5.19. The molecule has 0 aromatic carbocycles. The Morgan fingerprint density at radius 2 is 1.78 bits per heavy atom. The van der Waals surface area contributed by atoms with Gasteiger partial charge in [-0.1, -0.05) is 0 Å². The normalized spacial score (nSPS) is 41.0. The average molecular weight is 701 g/mol. The maximum Gasteiger partial charge on any atom is 0.472 e. The van der Waals surface area contributed by atoms with Crippen LogP contribution in [-0.4, -0.2) is 103 Å². The second kappa shape index (κ2) is 10.3. The summed E-state index contributed by atoms with van der Waals surface area (Å²) in [5, 5.41) is 22.8. The van der Waals surface area contributed by atoms with E-state index < -0.39 is 87.4 Å². The lowest BCUT2D eigenvalue weighted by molar-refractivity contribution is -0.0607. The molecule has 2 saturated heterocycles. The Labute approximate surface area is 261 Å². The van der Waals surface area contributed by atoms with Crippen LogP contribution in [0.2, 0.25) is 0 Å². The molecule has 2 aliphatic carbocycles. The number of imidazole rings is 2. The van der Waals surface area contributed by atoms with Gasteiger partial charge in [-0.15, -0.1) is 0 Å². The van der Waals surface area contributed by atoms with Crippen molar-refractivity contribution >= 4 is 60.4 Å². The van der Waals surface area contributed by atoms with Crippen molar-refractivity contribution in [1.82, 2.24) is 39.0 Å². The van der Waals surface area contributed by atoms with Gasteiger partial charge in [-0.2, -0.15) is 4.98 Å². The average Bonchev–Trinajstić information content (AvgIpc) is 3.25. The maximum absolute atomic E-state index is 13.3. The van der Waals surface area contributed by atoms with Crippen LogP contribution in [0, 0.1) is 11.3 Å². The zero-order valence-corrected chi connectivity index (χ0v) is 25.8. The molecule has 4 aromatic heterocycles. The van der Waals surface area contributed by atoms with E-state index in [1.165, 1.54) is 23.5 Å². The van der Waals surface area contributed by atoms with Crippen molar-refractivity contribution in [3.63, 3.8) is 0 Å². The number of nitrogen functional groups attached to an aromatic ring is 2. The molecule has 46 heavy (non-hydrogen) atoms. The molecule has 4 aliphatic rings. The van der Waals surface area contributed by atoms with Crippen LogP contribution in [0.15, 0.2) is 23.8 Å². The van der Waals surface area contributed by atoms with E-state index in [2.05, 4.69) is 29.9 Å². The maximum atomic E-state index is 13.3. The van der Waals surface area contributed by atoms with Crippen molar-refractivity contribution in [1.29, 1.82) is 0 Å². The van der Waals surface area contributed by atoms with Gasteiger partial charge in [-0.05, 0) is 24.1 Å². The van der Waals surface area contributed by atoms with Gasteiger partial charge in [0.25, 0.3) is 5.56 Å². The molecule has 2 aliphatic heterocycles. The van der Waals surface area contributed by atoms with Gasteiger partial charge in [0, 0.05) is 5.41 Å². The second-order valence-corrected chi connectivity index (χ2v) is 15.7. The smallest absolute Gasteiger partial charge is 0.388 e. The lowest BCUT2D eigenvalue weighted by Crippen LogP contribution is -2.39. The number of ether oxygens (including phenoxy) is 1. The second-order valence-electron chi connectivity index (χ2n) is 11.5. The number of aromatic amines is 1. The van der Waals surface area contributed by atoms with E-state index in [4.69, 9.17) is 46.1 Å². The Bertz CT molecular complexity index is 2040. The van der Waals surface area contributed by atoms with Crippen LogP contribution < -0.4 is 17.0 Å². The van der Waals surface area contributed by atoms with Gasteiger partial charge in [0.1, 0.15) is 42.4 Å². The predicted molar refractivity (Wildman–Crippen MR) is 156 cm³/mol. The first-order valence-electron chi connectivity index (χ1n) is 13.8. The van der Waals surface area contributed by atoms with E-state index in [0.717, 1.165) is 0 Å². The van der Waals surface area contributed by atoms with Crippen LogP contribution in [0.25, 0.3) is 22.3 Å². The first kappa shape index (κ1) is 30.4. The number of hydrogen-bond donors (Lipinski definition) is 7. The Balaban J connectivity index is 1.11. The minimum atomic E-state index is -4.94. The molecule has 11 atom stereocenters. The molecule has 0 bridgehead atoms. The van der Waals surface area contributed by atoms with Crippen molar-refractivity contribution in [2.24, 2.45) is 11.3 Å². The molecule has 4 fully saturated rings. The van der Waals surface area contributed by atoms with Gasteiger partial charge in [0.05, 0.1) is 31.9 Å². The summed E-state index contributed by atoms with van der Waals surface area (Å²) in [6, 6.07) is -0.725. The minimum Gasteiger partial charge on any atom is -0.388 e. The third-order valence-electron chi connectivity index (χ3n) is 8.96. The molecule has 4 aromatic rings. The molecular formula is C22H26N10O11P2S. The molecule has 0 amide bonds. The summed E-state index contributed by atoms with van der Waals surface area (Å²) in [5.74, 6) is -0.498. The molecule has 0 radical (unpaired) electrons. The molecule has 1 spiro atoms. The van der Waals surface area contributed by atoms with E-state index in [1.807, 2.05) is 0 Å². The van der Waals surface area contributed by atoms with E-state index >= 15 is 0 Å². The van der Waals surface area contributed by atoms with Gasteiger partial charge in [0.2, 0.25) is 5.95 Å². The van der Waals surface area contributed by atoms with Crippen LogP contribution in [0.5, 0.6) is 0 Å². The van der Waals surface area contributed by atoms with Gasteiger partial charge in [0.15, 0.2) is 28.9 Å². The van der Waals surface area contributed by atoms with Crippen molar-refractivity contribution in [3.8, 4) is 0 Å². The van der Waals surface area contributed by atoms with Gasteiger partial charge in [-0.25, -0.2) is 24.5 Å². The number of nitrogens with zero attached hydrogens (tertiary/aromatic N) is 7. The number of nitrogens with one attached hydrogen (secondary N) is 1. The zero-order valence-electron chi connectivity index (χ0n) is 23.2. The summed E-state index contributed by atoms with van der Waals surface area (Å²) >= 11 is 5.31. The van der Waals surface area contributed by atoms with E-state index in [1.54, 1.807) is 4.57 Å². The number of anilines is 2. The van der Waals surface area contributed by atoms with Crippen molar-refractivity contribution in [3.05, 3.63) is 29.3 Å². The summed E-state index contributed by atoms with van der Waals surface area (Å²) in [4.78, 5) is 57.0. The molecule has 8 rings (SSSR count). The summed E-state index contributed by atoms with van der Waals surface area (Å²) < 4.78 is 44.5. The molecule has 21 nitrogen and oxygen atoms in total. The highest BCUT2D eigenvalue weighted by Crippen LogP contribution is 2.72. The highest BCUT2D eigenvalue weighted by atomic mass is 32.5. The van der Waals surface area contributed by atoms with Crippen molar-refractivity contribution in [2.75, 3.05) is 24.7 Å². The topological polar surface area (TPSA) is 303 Å². The first-order valence-corrected chi connectivity index (χ1v) is 17.9. The molecule has 24 heteroatoms. The summed E-state index contributed by atoms with van der Waals surface area (Å²) in [7, 11) is -4.94. The number of aliphatic hydroxyl groups is 2. The first-order chi connectivity index (χ1) is 21.8. The van der Waals surface area contributed by atoms with Crippen LogP contribution in [-0.2, 0) is 39.2 Å². The molecular weight excluding hydrogens is 674 g/mol. The number of rotatable bonds is 2. The quantitative estimate of drug-likeness (QED) is 0.116. The standard InChI is InChI=1S/C22H26N10O11P2S/c23-16-9-17(26-4-25-16)31(5-27-9)11-7-1-22(7)3-40-44(36,37)42-14-8(2-39-45(38,46)43-15(22)12(11)33)41-20(13(14)34)32-6-28-10-18(32)29-21(24)30-19(10)35/h4-8,11-15,20,33-34H,1-3H2,(H,36,37)(H,38,46)(H2,23,25,26)(H3,24,29,30,35)/t7-,8-,11-,12+,13-,14-,15+,20-,22-,45?/m1/s1. The Hall–Kier alpha value is -2.98. The number of H-pyrrole nitrogens is 1. The van der Waals surface area contributed by atoms with Crippen LogP contribution in [0.3, 0.4) is 0 Å². The fourth-order valence-corrected chi connectivity index (χ4v) is 9.34. The number of hydrogen-bond acceptors (Lipinski definition) is 17. The Morgan fingerprint density at radius 1 is 1.02 bits per heavy atom. The molecule has 246 valence electrons. The van der Waals surface area contributed by atoms with Crippen LogP contribution >= 0.6 is 14.5 Å². The molecule has 6 heterocycles. The third kappa shape index (κ3) is 4.64. The fourth-order valence-electron chi connectivity index (χ4n) is 6.83. The lowest BCUT2D eigenvalue weighted by Gasteiger charge is -2.33. The van der Waals surface area contributed by atoms with Crippen LogP contribution in [0.4, 0.5) is 11.8 Å². The largest absolute Gasteiger partial charge is 0.472 e. The number of aromatic nitrogens is 8. The summed E-state index contributed by atoms with van der Waals surface area (Å²) in [5.41, 5.74) is 10.4. The summed E-state index contributed by atoms with van der Waals surface area (Å²) in [6.07, 6.45) is -4.27. The van der Waals surface area contributed by atoms with E-state index in [0.29, 0.717) is 17.6 Å². The van der Waals surface area contributed by atoms with Crippen LogP contribution in [0.1, 0.15) is 18.7 Å². The zero-order chi connectivity index (χ0) is 32.3. The lowest BCUT2D eigenvalue weighted by atomic mass is 10.0. The number of phosphoric ester groups is 1. The number of aliphatic hydroxyl groups excluding tert-OH is 2.